The summed E-state index contributed by atoms with van der Waals surface area (Å²) in [6.07, 6.45) is 0.501. The minimum atomic E-state index is -1.20. The van der Waals surface area contributed by atoms with Crippen LogP contribution >= 0.6 is 22.7 Å². The van der Waals surface area contributed by atoms with Gasteiger partial charge in [-0.15, -0.1) is 22.7 Å². The highest BCUT2D eigenvalue weighted by molar-refractivity contribution is 7.10. The number of hydrogen-bond acceptors (Lipinski definition) is 7. The van der Waals surface area contributed by atoms with E-state index in [1.807, 2.05) is 12.1 Å². The third-order valence-electron chi connectivity index (χ3n) is 6.43. The molecule has 2 aromatic heterocycles. The highest BCUT2D eigenvalue weighted by Gasteiger charge is 2.42. The van der Waals surface area contributed by atoms with Crippen LogP contribution in [0.2, 0.25) is 51.4 Å². The van der Waals surface area contributed by atoms with Crippen LogP contribution in [-0.2, 0) is 31.8 Å². The first-order valence-corrected chi connectivity index (χ1v) is 22.7. The van der Waals surface area contributed by atoms with Crippen molar-refractivity contribution in [1.82, 2.24) is 10.6 Å². The van der Waals surface area contributed by atoms with E-state index in [0.717, 1.165) is 12.1 Å². The standard InChI is InChI=1S/C27H46N2O5S2Si2/c1-37(2,3)15-11-31-19-33-25-23(17-21-9-7-13-35-21)28-27(30)29-24(18-22-10-8-14-36-22)26(25)34-20-32-12-16-38(4,5)6/h7-10,13-14,23-26H,11-12,15-20H2,1-6H3,(H2,28,29,30)/t23-,24-,25+,26+/m1/s1. The molecule has 0 spiro atoms. The molecule has 0 saturated carbocycles. The van der Waals surface area contributed by atoms with Crippen molar-refractivity contribution >= 4 is 44.9 Å². The second-order valence-electron chi connectivity index (χ2n) is 12.3. The third kappa shape index (κ3) is 11.6. The van der Waals surface area contributed by atoms with Crippen molar-refractivity contribution in [1.29, 1.82) is 0 Å². The number of hydrogen-bond donors (Lipinski definition) is 2. The van der Waals surface area contributed by atoms with Gasteiger partial charge in [0.1, 0.15) is 25.8 Å². The van der Waals surface area contributed by atoms with Crippen molar-refractivity contribution in [2.75, 3.05) is 26.8 Å². The Bertz CT molecular complexity index is 858. The lowest BCUT2D eigenvalue weighted by molar-refractivity contribution is -0.177. The van der Waals surface area contributed by atoms with E-state index in [4.69, 9.17) is 18.9 Å². The molecule has 2 aromatic rings. The van der Waals surface area contributed by atoms with Crippen LogP contribution in [0, 0.1) is 0 Å². The first-order valence-electron chi connectivity index (χ1n) is 13.5. The molecule has 0 unspecified atom stereocenters. The van der Waals surface area contributed by atoms with E-state index in [1.165, 1.54) is 9.75 Å². The maximum Gasteiger partial charge on any atom is 0.315 e. The largest absolute Gasteiger partial charge is 0.356 e. The smallest absolute Gasteiger partial charge is 0.315 e. The zero-order valence-corrected chi connectivity index (χ0v) is 27.4. The molecule has 3 rings (SSSR count). The number of amides is 2. The maximum absolute atomic E-state index is 13.0. The zero-order valence-electron chi connectivity index (χ0n) is 23.8. The molecule has 4 atom stereocenters. The number of urea groups is 1. The minimum Gasteiger partial charge on any atom is -0.356 e. The van der Waals surface area contributed by atoms with Crippen molar-refractivity contribution in [2.24, 2.45) is 0 Å². The lowest BCUT2D eigenvalue weighted by Gasteiger charge is -2.34. The molecular formula is C27H46N2O5S2Si2. The van der Waals surface area contributed by atoms with Crippen LogP contribution in [0.25, 0.3) is 0 Å². The molecule has 1 aliphatic rings. The Morgan fingerprint density at radius 3 is 1.50 bits per heavy atom. The number of nitrogens with one attached hydrogen (secondary N) is 2. The number of ether oxygens (including phenoxy) is 4. The molecule has 7 nitrogen and oxygen atoms in total. The van der Waals surface area contributed by atoms with E-state index in [-0.39, 0.29) is 31.7 Å². The third-order valence-corrected chi connectivity index (χ3v) is 11.6. The summed E-state index contributed by atoms with van der Waals surface area (Å²) < 4.78 is 24.7. The van der Waals surface area contributed by atoms with Gasteiger partial charge in [0.2, 0.25) is 0 Å². The van der Waals surface area contributed by atoms with E-state index >= 15 is 0 Å². The molecule has 1 saturated heterocycles. The summed E-state index contributed by atoms with van der Waals surface area (Å²) >= 11 is 3.36. The molecule has 1 aliphatic heterocycles. The van der Waals surface area contributed by atoms with E-state index in [1.54, 1.807) is 22.7 Å². The molecule has 1 fully saturated rings. The van der Waals surface area contributed by atoms with Gasteiger partial charge in [0.25, 0.3) is 0 Å². The fourth-order valence-electron chi connectivity index (χ4n) is 4.18. The molecule has 214 valence electrons. The predicted octanol–water partition coefficient (Wildman–Crippen LogP) is 6.04. The fraction of sp³-hybridized carbons (Fsp3) is 0.667. The van der Waals surface area contributed by atoms with Gasteiger partial charge in [-0.2, -0.15) is 0 Å². The van der Waals surface area contributed by atoms with E-state index in [2.05, 4.69) is 72.8 Å². The highest BCUT2D eigenvalue weighted by atomic mass is 32.1. The molecule has 0 radical (unpaired) electrons. The Balaban J connectivity index is 1.77. The SMILES string of the molecule is C[Si](C)(C)CCOCO[C@@H]1[C@@H](OCOCC[Si](C)(C)C)[C@@H](Cc2cccs2)NC(=O)N[C@@H]1Cc1cccs1. The molecule has 38 heavy (non-hydrogen) atoms. The van der Waals surface area contributed by atoms with Crippen molar-refractivity contribution < 1.29 is 23.7 Å². The molecule has 2 N–H and O–H groups in total. The summed E-state index contributed by atoms with van der Waals surface area (Å²) in [7, 11) is -2.41. The van der Waals surface area contributed by atoms with Crippen molar-refractivity contribution in [3.8, 4) is 0 Å². The maximum atomic E-state index is 13.0. The van der Waals surface area contributed by atoms with Crippen molar-refractivity contribution in [3.63, 3.8) is 0 Å². The normalized spacial score (nSPS) is 22.6. The molecule has 0 aliphatic carbocycles. The van der Waals surface area contributed by atoms with Crippen molar-refractivity contribution in [3.05, 3.63) is 44.8 Å². The van der Waals surface area contributed by atoms with Crippen LogP contribution in [0.1, 0.15) is 9.75 Å². The first kappa shape index (κ1) is 31.5. The number of rotatable bonds is 16. The molecule has 3 heterocycles. The zero-order chi connectivity index (χ0) is 27.6. The molecular weight excluding hydrogens is 553 g/mol. The number of thiophene rings is 2. The minimum absolute atomic E-state index is 0.161. The quantitative estimate of drug-likeness (QED) is 0.140. The Labute approximate surface area is 238 Å². The van der Waals surface area contributed by atoms with E-state index in [9.17, 15) is 4.79 Å². The Morgan fingerprint density at radius 1 is 0.737 bits per heavy atom. The van der Waals surface area contributed by atoms with Gasteiger partial charge in [-0.3, -0.25) is 0 Å². The summed E-state index contributed by atoms with van der Waals surface area (Å²) in [6.45, 7) is 15.7. The lowest BCUT2D eigenvalue weighted by Crippen LogP contribution is -2.52. The predicted molar refractivity (Wildman–Crippen MR) is 163 cm³/mol. The van der Waals surface area contributed by atoms with Crippen LogP contribution < -0.4 is 10.6 Å². The Kier molecular flexibility index (Phi) is 12.5. The monoisotopic (exact) mass is 598 g/mol. The first-order chi connectivity index (χ1) is 18.0. The van der Waals surface area contributed by atoms with E-state index in [0.29, 0.717) is 26.1 Å². The number of carbonyl (C=O) groups excluding carboxylic acids is 1. The lowest BCUT2D eigenvalue weighted by atomic mass is 9.95. The van der Waals surface area contributed by atoms with Gasteiger partial charge < -0.3 is 29.6 Å². The summed E-state index contributed by atoms with van der Waals surface area (Å²) in [4.78, 5) is 15.4. The van der Waals surface area contributed by atoms with Gasteiger partial charge in [0.05, 0.1) is 12.1 Å². The Hall–Kier alpha value is -1.06. The number of carbonyl (C=O) groups is 1. The van der Waals surface area contributed by atoms with Crippen LogP contribution in [0.5, 0.6) is 0 Å². The van der Waals surface area contributed by atoms with Crippen LogP contribution in [0.3, 0.4) is 0 Å². The second-order valence-corrected chi connectivity index (χ2v) is 25.6. The average molecular weight is 599 g/mol. The molecule has 0 aromatic carbocycles. The van der Waals surface area contributed by atoms with Crippen LogP contribution in [0.4, 0.5) is 4.79 Å². The molecule has 2 amide bonds. The van der Waals surface area contributed by atoms with Gasteiger partial charge in [-0.05, 0) is 35.0 Å². The van der Waals surface area contributed by atoms with Gasteiger partial charge >= 0.3 is 6.03 Å². The summed E-state index contributed by atoms with van der Waals surface area (Å²) in [5.41, 5.74) is 0. The van der Waals surface area contributed by atoms with Crippen molar-refractivity contribution in [2.45, 2.75) is 88.5 Å². The van der Waals surface area contributed by atoms with Gasteiger partial charge in [-0.25, -0.2) is 4.79 Å². The summed E-state index contributed by atoms with van der Waals surface area (Å²) in [6, 6.07) is 9.66. The van der Waals surface area contributed by atoms with Crippen LogP contribution in [0.15, 0.2) is 35.0 Å². The van der Waals surface area contributed by atoms with E-state index < -0.39 is 28.4 Å². The summed E-state index contributed by atoms with van der Waals surface area (Å²) in [5, 5.41) is 10.4. The molecule has 0 bridgehead atoms. The van der Waals surface area contributed by atoms with Gasteiger partial charge in [0.15, 0.2) is 0 Å². The summed E-state index contributed by atoms with van der Waals surface area (Å²) in [5.74, 6) is 0. The van der Waals surface area contributed by atoms with Gasteiger partial charge in [-0.1, -0.05) is 51.4 Å². The highest BCUT2D eigenvalue weighted by Crippen LogP contribution is 2.25. The Morgan fingerprint density at radius 2 is 1.16 bits per heavy atom. The van der Waals surface area contributed by atoms with Crippen LogP contribution in [-0.4, -0.2) is 73.3 Å². The second kappa shape index (κ2) is 15.1. The average Bonchev–Trinajstić information content (AvgIpc) is 3.49. The topological polar surface area (TPSA) is 78.1 Å². The molecule has 11 heteroatoms. The fourth-order valence-corrected chi connectivity index (χ4v) is 7.22. The van der Waals surface area contributed by atoms with Gasteiger partial charge in [0, 0.05) is 52.0 Å².